The van der Waals surface area contributed by atoms with Gasteiger partial charge in [0.1, 0.15) is 5.75 Å². The van der Waals surface area contributed by atoms with E-state index in [1.807, 2.05) is 0 Å². The van der Waals surface area contributed by atoms with Gasteiger partial charge in [0, 0.05) is 0 Å². The molecule has 0 bridgehead atoms. The molecule has 0 amide bonds. The fraction of sp³-hybridized carbons (Fsp3) is 0.125. The van der Waals surface area contributed by atoms with Crippen LogP contribution >= 0.6 is 0 Å². The first-order chi connectivity index (χ1) is 6.90. The van der Waals surface area contributed by atoms with E-state index in [-0.39, 0.29) is 10.4 Å². The average Bonchev–Trinajstić information content (AvgIpc) is 2.14. The van der Waals surface area contributed by atoms with E-state index in [2.05, 4.69) is 0 Å². The van der Waals surface area contributed by atoms with Gasteiger partial charge in [0.2, 0.25) is 10.3 Å². The molecule has 0 spiro atoms. The maximum atomic E-state index is 10.8. The molecular formula is C8H8O5S2. The molecule has 0 aliphatic rings. The molecule has 0 radical (unpaired) electrons. The third-order valence-electron chi connectivity index (χ3n) is 1.61. The highest BCUT2D eigenvalue weighted by molar-refractivity contribution is 7.88. The van der Waals surface area contributed by atoms with Crippen molar-refractivity contribution in [3.05, 3.63) is 35.9 Å². The van der Waals surface area contributed by atoms with E-state index in [1.165, 1.54) is 12.1 Å². The summed E-state index contributed by atoms with van der Waals surface area (Å²) in [6, 6.07) is 7.73. The normalized spacial score (nSPS) is 11.0. The molecule has 5 nitrogen and oxygen atoms in total. The van der Waals surface area contributed by atoms with E-state index < -0.39 is 26.2 Å². The lowest BCUT2D eigenvalue weighted by molar-refractivity contribution is 0.488. The van der Waals surface area contributed by atoms with Crippen LogP contribution in [0.2, 0.25) is 0 Å². The van der Waals surface area contributed by atoms with Gasteiger partial charge < -0.3 is 0 Å². The minimum Gasteiger partial charge on any atom is -0.285 e. The largest absolute Gasteiger partial charge is 0.285 e. The third-order valence-corrected chi connectivity index (χ3v) is 3.23. The van der Waals surface area contributed by atoms with Crippen molar-refractivity contribution in [1.82, 2.24) is 0 Å². The standard InChI is InChI=1S/C8H8O5S2/c9-14(10)8(6-15(11,12)13)7-4-2-1-3-5-7/h1-5H,6H2,(H,11,12,13). The Morgan fingerprint density at radius 2 is 1.73 bits per heavy atom. The van der Waals surface area contributed by atoms with E-state index >= 15 is 0 Å². The quantitative estimate of drug-likeness (QED) is 0.461. The molecule has 0 fully saturated rings. The summed E-state index contributed by atoms with van der Waals surface area (Å²) in [5, 5.41) is 0. The number of hydrogen-bond acceptors (Lipinski definition) is 4. The summed E-state index contributed by atoms with van der Waals surface area (Å²) >= 11 is 0. The molecule has 0 saturated heterocycles. The van der Waals surface area contributed by atoms with Crippen LogP contribution in [0.25, 0.3) is 0 Å². The molecule has 1 N–H and O–H groups in total. The minimum atomic E-state index is -4.35. The average molecular weight is 248 g/mol. The maximum absolute atomic E-state index is 10.8. The Labute approximate surface area is 88.7 Å². The molecular weight excluding hydrogens is 240 g/mol. The van der Waals surface area contributed by atoms with Crippen LogP contribution in [0.1, 0.15) is 5.56 Å². The fourth-order valence-electron chi connectivity index (χ4n) is 1.02. The highest BCUT2D eigenvalue weighted by atomic mass is 32.2. The highest BCUT2D eigenvalue weighted by Crippen LogP contribution is 2.02. The van der Waals surface area contributed by atoms with Crippen LogP contribution in [-0.4, -0.2) is 32.0 Å². The molecule has 0 aromatic heterocycles. The predicted molar refractivity (Wildman–Crippen MR) is 55.9 cm³/mol. The fourth-order valence-corrected chi connectivity index (χ4v) is 2.68. The van der Waals surface area contributed by atoms with Crippen LogP contribution in [0.3, 0.4) is 0 Å². The lowest BCUT2D eigenvalue weighted by atomic mass is 10.2. The van der Waals surface area contributed by atoms with E-state index in [0.717, 1.165) is 0 Å². The molecule has 0 aliphatic carbocycles. The Kier molecular flexibility index (Phi) is 3.61. The summed E-state index contributed by atoms with van der Waals surface area (Å²) in [7, 11) is -7.02. The van der Waals surface area contributed by atoms with Gasteiger partial charge >= 0.3 is 0 Å². The second-order valence-corrected chi connectivity index (χ2v) is 5.16. The van der Waals surface area contributed by atoms with Crippen molar-refractivity contribution in [2.75, 3.05) is 5.75 Å². The van der Waals surface area contributed by atoms with Crippen molar-refractivity contribution in [2.45, 2.75) is 0 Å². The Hall–Kier alpha value is -1.18. The molecule has 1 rings (SSSR count). The summed E-state index contributed by atoms with van der Waals surface area (Å²) < 4.78 is 51.3. The van der Waals surface area contributed by atoms with Crippen LogP contribution in [0.4, 0.5) is 0 Å². The second-order valence-electron chi connectivity index (χ2n) is 2.75. The van der Waals surface area contributed by atoms with Gasteiger partial charge in [-0.3, -0.25) is 4.55 Å². The summed E-state index contributed by atoms with van der Waals surface area (Å²) in [6.45, 7) is 0. The molecule has 7 heteroatoms. The first kappa shape index (κ1) is 11.9. The number of rotatable bonds is 3. The molecule has 1 aromatic rings. The smallest absolute Gasteiger partial charge is 0.270 e. The van der Waals surface area contributed by atoms with Gasteiger partial charge in [0.05, 0.1) is 4.86 Å². The van der Waals surface area contributed by atoms with Crippen molar-refractivity contribution >= 4 is 25.3 Å². The van der Waals surface area contributed by atoms with Gasteiger partial charge in [-0.05, 0) is 5.56 Å². The van der Waals surface area contributed by atoms with Gasteiger partial charge in [-0.2, -0.15) is 16.8 Å². The molecule has 1 aromatic carbocycles. The molecule has 0 saturated carbocycles. The maximum Gasteiger partial charge on any atom is 0.270 e. The van der Waals surface area contributed by atoms with Gasteiger partial charge in [-0.25, -0.2) is 0 Å². The SMILES string of the molecule is O=S(=O)=C(CS(=O)(=O)O)c1ccccc1. The second kappa shape index (κ2) is 4.56. The van der Waals surface area contributed by atoms with Crippen molar-refractivity contribution in [3.8, 4) is 0 Å². The zero-order valence-corrected chi connectivity index (χ0v) is 9.12. The van der Waals surface area contributed by atoms with Crippen molar-refractivity contribution < 1.29 is 21.4 Å². The lowest BCUT2D eigenvalue weighted by Gasteiger charge is -1.99. The van der Waals surface area contributed by atoms with Crippen LogP contribution < -0.4 is 0 Å². The van der Waals surface area contributed by atoms with Crippen LogP contribution in [0, 0.1) is 0 Å². The highest BCUT2D eigenvalue weighted by Gasteiger charge is 2.14. The summed E-state index contributed by atoms with van der Waals surface area (Å²) in [4.78, 5) is -0.349. The van der Waals surface area contributed by atoms with E-state index in [0.29, 0.717) is 0 Å². The Morgan fingerprint density at radius 3 is 2.13 bits per heavy atom. The summed E-state index contributed by atoms with van der Waals surface area (Å²) in [5.41, 5.74) is 0.253. The Morgan fingerprint density at radius 1 is 1.20 bits per heavy atom. The monoisotopic (exact) mass is 248 g/mol. The molecule has 0 aliphatic heterocycles. The van der Waals surface area contributed by atoms with Gasteiger partial charge in [-0.15, -0.1) is 0 Å². The lowest BCUT2D eigenvalue weighted by Crippen LogP contribution is -2.16. The molecule has 82 valence electrons. The van der Waals surface area contributed by atoms with E-state index in [9.17, 15) is 16.8 Å². The van der Waals surface area contributed by atoms with Crippen molar-refractivity contribution in [2.24, 2.45) is 0 Å². The van der Waals surface area contributed by atoms with Crippen LogP contribution in [0.5, 0.6) is 0 Å². The Bertz CT molecular complexity index is 561. The molecule has 0 heterocycles. The third kappa shape index (κ3) is 3.82. The first-order valence-corrected chi connectivity index (χ1v) is 6.54. The predicted octanol–water partition coefficient (Wildman–Crippen LogP) is -0.0260. The van der Waals surface area contributed by atoms with Gasteiger partial charge in [0.25, 0.3) is 10.1 Å². The van der Waals surface area contributed by atoms with Gasteiger partial charge in [-0.1, -0.05) is 30.3 Å². The summed E-state index contributed by atoms with van der Waals surface area (Å²) in [6.07, 6.45) is 0. The van der Waals surface area contributed by atoms with E-state index in [1.54, 1.807) is 18.2 Å². The first-order valence-electron chi connectivity index (χ1n) is 3.86. The van der Waals surface area contributed by atoms with Crippen molar-refractivity contribution in [1.29, 1.82) is 0 Å². The van der Waals surface area contributed by atoms with Crippen LogP contribution in [-0.2, 0) is 20.4 Å². The van der Waals surface area contributed by atoms with Gasteiger partial charge in [0.15, 0.2) is 0 Å². The minimum absolute atomic E-state index is 0.253. The Balaban J connectivity index is 3.26. The summed E-state index contributed by atoms with van der Waals surface area (Å²) in [5.74, 6) is -0.910. The molecule has 0 atom stereocenters. The molecule has 0 unspecified atom stereocenters. The van der Waals surface area contributed by atoms with Crippen molar-refractivity contribution in [3.63, 3.8) is 0 Å². The zero-order valence-electron chi connectivity index (χ0n) is 7.49. The van der Waals surface area contributed by atoms with Crippen LogP contribution in [0.15, 0.2) is 30.3 Å². The van der Waals surface area contributed by atoms with E-state index in [4.69, 9.17) is 4.55 Å². The number of benzene rings is 1. The zero-order chi connectivity index (χ0) is 11.5. The molecule has 15 heavy (non-hydrogen) atoms. The topological polar surface area (TPSA) is 88.5 Å². The number of hydrogen-bond donors (Lipinski definition) is 1.